The summed E-state index contributed by atoms with van der Waals surface area (Å²) in [5.41, 5.74) is 0.143. The number of nitrogens with zero attached hydrogens (tertiary/aromatic N) is 1. The van der Waals surface area contributed by atoms with Crippen molar-refractivity contribution in [2.75, 3.05) is 19.6 Å². The van der Waals surface area contributed by atoms with Gasteiger partial charge in [0.2, 0.25) is 0 Å². The molecule has 0 spiro atoms. The molecule has 0 aliphatic carbocycles. The normalized spacial score (nSPS) is 21.9. The minimum absolute atomic E-state index is 0.143. The fourth-order valence-electron chi connectivity index (χ4n) is 3.12. The van der Waals surface area contributed by atoms with Gasteiger partial charge in [-0.25, -0.2) is 0 Å². The molecule has 2 unspecified atom stereocenters. The molecule has 0 radical (unpaired) electrons. The Balaban J connectivity index is 2.25. The molecule has 1 aromatic heterocycles. The van der Waals surface area contributed by atoms with Crippen LogP contribution in [0.4, 0.5) is 0 Å². The van der Waals surface area contributed by atoms with E-state index in [0.717, 1.165) is 18.7 Å². The van der Waals surface area contributed by atoms with Crippen LogP contribution in [0.3, 0.4) is 0 Å². The van der Waals surface area contributed by atoms with Crippen molar-refractivity contribution in [1.82, 2.24) is 10.2 Å². The van der Waals surface area contributed by atoms with Crippen molar-refractivity contribution in [1.29, 1.82) is 0 Å². The first-order valence-electron chi connectivity index (χ1n) is 7.24. The van der Waals surface area contributed by atoms with E-state index >= 15 is 0 Å². The monoisotopic (exact) mass is 250 g/mol. The number of hydrogen-bond acceptors (Lipinski definition) is 3. The molecular formula is C15H26N2O. The van der Waals surface area contributed by atoms with Crippen LogP contribution in [0.2, 0.25) is 0 Å². The Bertz CT molecular complexity index is 343. The Morgan fingerprint density at radius 3 is 2.61 bits per heavy atom. The molecule has 18 heavy (non-hydrogen) atoms. The third kappa shape index (κ3) is 2.47. The molecule has 1 aliphatic rings. The van der Waals surface area contributed by atoms with E-state index in [9.17, 15) is 0 Å². The quantitative estimate of drug-likeness (QED) is 0.840. The van der Waals surface area contributed by atoms with Crippen molar-refractivity contribution < 1.29 is 4.42 Å². The van der Waals surface area contributed by atoms with Crippen LogP contribution >= 0.6 is 0 Å². The average Bonchev–Trinajstić information content (AvgIpc) is 3.06. The van der Waals surface area contributed by atoms with E-state index in [4.69, 9.17) is 4.42 Å². The van der Waals surface area contributed by atoms with Crippen LogP contribution in [-0.2, 0) is 0 Å². The maximum atomic E-state index is 5.67. The highest BCUT2D eigenvalue weighted by molar-refractivity contribution is 5.13. The molecule has 1 saturated heterocycles. The first-order valence-corrected chi connectivity index (χ1v) is 7.24. The lowest BCUT2D eigenvalue weighted by Gasteiger charge is -2.44. The van der Waals surface area contributed by atoms with Gasteiger partial charge >= 0.3 is 0 Å². The van der Waals surface area contributed by atoms with Crippen molar-refractivity contribution in [2.45, 2.75) is 51.6 Å². The molecule has 1 aliphatic heterocycles. The summed E-state index contributed by atoms with van der Waals surface area (Å²) in [6.07, 6.45) is 5.56. The van der Waals surface area contributed by atoms with E-state index < -0.39 is 0 Å². The van der Waals surface area contributed by atoms with Gasteiger partial charge in [-0.3, -0.25) is 4.90 Å². The summed E-state index contributed by atoms with van der Waals surface area (Å²) in [5, 5.41) is 3.62. The Morgan fingerprint density at radius 2 is 2.11 bits per heavy atom. The second-order valence-electron chi connectivity index (χ2n) is 5.41. The summed E-state index contributed by atoms with van der Waals surface area (Å²) in [7, 11) is 0. The number of likely N-dealkylation sites (N-methyl/N-ethyl adjacent to an activating group) is 1. The predicted molar refractivity (Wildman–Crippen MR) is 74.6 cm³/mol. The van der Waals surface area contributed by atoms with Crippen LogP contribution in [-0.4, -0.2) is 30.1 Å². The largest absolute Gasteiger partial charge is 0.468 e. The highest BCUT2D eigenvalue weighted by Gasteiger charge is 2.41. The first kappa shape index (κ1) is 13.6. The molecule has 3 heteroatoms. The number of likely N-dealkylation sites (tertiary alicyclic amines) is 1. The highest BCUT2D eigenvalue weighted by Crippen LogP contribution is 2.36. The number of hydrogen-bond donors (Lipinski definition) is 1. The van der Waals surface area contributed by atoms with Gasteiger partial charge in [0.05, 0.1) is 12.3 Å². The molecule has 0 aromatic carbocycles. The van der Waals surface area contributed by atoms with Crippen molar-refractivity contribution in [3.63, 3.8) is 0 Å². The van der Waals surface area contributed by atoms with E-state index in [1.54, 1.807) is 6.26 Å². The first-order chi connectivity index (χ1) is 8.72. The van der Waals surface area contributed by atoms with Gasteiger partial charge < -0.3 is 9.73 Å². The van der Waals surface area contributed by atoms with Gasteiger partial charge in [0.15, 0.2) is 0 Å². The summed E-state index contributed by atoms with van der Waals surface area (Å²) >= 11 is 0. The lowest BCUT2D eigenvalue weighted by atomic mass is 9.85. The average molecular weight is 250 g/mol. The zero-order valence-corrected chi connectivity index (χ0v) is 11.9. The molecule has 1 fully saturated rings. The molecule has 0 bridgehead atoms. The molecule has 0 saturated carbocycles. The molecule has 0 amide bonds. The fraction of sp³-hybridized carbons (Fsp3) is 0.733. The fourth-order valence-corrected chi connectivity index (χ4v) is 3.12. The van der Waals surface area contributed by atoms with Crippen LogP contribution < -0.4 is 5.32 Å². The van der Waals surface area contributed by atoms with Gasteiger partial charge in [0, 0.05) is 5.54 Å². The highest BCUT2D eigenvalue weighted by atomic mass is 16.3. The van der Waals surface area contributed by atoms with Gasteiger partial charge in [0.25, 0.3) is 0 Å². The van der Waals surface area contributed by atoms with Gasteiger partial charge in [-0.15, -0.1) is 0 Å². The van der Waals surface area contributed by atoms with Crippen LogP contribution in [0.1, 0.15) is 51.8 Å². The maximum absolute atomic E-state index is 5.67. The number of rotatable bonds is 6. The maximum Gasteiger partial charge on any atom is 0.122 e. The van der Waals surface area contributed by atoms with Gasteiger partial charge in [-0.05, 0) is 58.0 Å². The van der Waals surface area contributed by atoms with E-state index in [1.165, 1.54) is 25.9 Å². The number of nitrogens with one attached hydrogen (secondary N) is 1. The molecule has 2 rings (SSSR count). The molecule has 2 atom stereocenters. The van der Waals surface area contributed by atoms with Crippen LogP contribution in [0.15, 0.2) is 22.8 Å². The van der Waals surface area contributed by atoms with Crippen LogP contribution in [0, 0.1) is 0 Å². The molecule has 2 heterocycles. The minimum Gasteiger partial charge on any atom is -0.468 e. The summed E-state index contributed by atoms with van der Waals surface area (Å²) in [6.45, 7) is 10.2. The molecular weight excluding hydrogens is 224 g/mol. The Labute approximate surface area is 111 Å². The third-order valence-corrected chi connectivity index (χ3v) is 4.40. The summed E-state index contributed by atoms with van der Waals surface area (Å²) < 4.78 is 5.67. The Kier molecular flexibility index (Phi) is 4.46. The lowest BCUT2D eigenvalue weighted by Crippen LogP contribution is -2.53. The second kappa shape index (κ2) is 5.89. The van der Waals surface area contributed by atoms with E-state index in [2.05, 4.69) is 37.1 Å². The number of furan rings is 1. The van der Waals surface area contributed by atoms with Gasteiger partial charge in [0.1, 0.15) is 5.76 Å². The second-order valence-corrected chi connectivity index (χ2v) is 5.41. The molecule has 3 nitrogen and oxygen atoms in total. The summed E-state index contributed by atoms with van der Waals surface area (Å²) in [6, 6.07) is 4.36. The van der Waals surface area contributed by atoms with Crippen molar-refractivity contribution in [2.24, 2.45) is 0 Å². The molecule has 1 N–H and O–H groups in total. The third-order valence-electron chi connectivity index (χ3n) is 4.40. The van der Waals surface area contributed by atoms with E-state index in [1.807, 2.05) is 6.07 Å². The van der Waals surface area contributed by atoms with Crippen molar-refractivity contribution in [3.05, 3.63) is 24.2 Å². The van der Waals surface area contributed by atoms with Gasteiger partial charge in [-0.2, -0.15) is 0 Å². The van der Waals surface area contributed by atoms with E-state index in [-0.39, 0.29) is 11.6 Å². The summed E-state index contributed by atoms with van der Waals surface area (Å²) in [4.78, 5) is 2.63. The zero-order chi connectivity index (χ0) is 13.0. The zero-order valence-electron chi connectivity index (χ0n) is 11.9. The van der Waals surface area contributed by atoms with Crippen molar-refractivity contribution in [3.8, 4) is 0 Å². The smallest absolute Gasteiger partial charge is 0.122 e. The van der Waals surface area contributed by atoms with E-state index in [0.29, 0.717) is 0 Å². The topological polar surface area (TPSA) is 28.4 Å². The Hall–Kier alpha value is -0.800. The minimum atomic E-state index is 0.143. The molecule has 1 aromatic rings. The van der Waals surface area contributed by atoms with Crippen molar-refractivity contribution >= 4 is 0 Å². The van der Waals surface area contributed by atoms with Crippen LogP contribution in [0.5, 0.6) is 0 Å². The SMILES string of the molecule is CCNC(c1ccco1)C(C)(CC)N1CCCC1. The predicted octanol–water partition coefficient (Wildman–Crippen LogP) is 3.19. The lowest BCUT2D eigenvalue weighted by molar-refractivity contribution is 0.0752. The summed E-state index contributed by atoms with van der Waals surface area (Å²) in [5.74, 6) is 1.06. The molecule has 102 valence electrons. The van der Waals surface area contributed by atoms with Crippen LogP contribution in [0.25, 0.3) is 0 Å². The standard InChI is InChI=1S/C15H26N2O/c1-4-15(3,17-10-6-7-11-17)14(16-5-2)13-9-8-12-18-13/h8-9,12,14,16H,4-7,10-11H2,1-3H3. The Morgan fingerprint density at radius 1 is 1.39 bits per heavy atom. The van der Waals surface area contributed by atoms with Gasteiger partial charge in [-0.1, -0.05) is 13.8 Å².